The maximum Gasteiger partial charge on any atom is 0.411 e. The highest BCUT2D eigenvalue weighted by Crippen LogP contribution is 2.26. The highest BCUT2D eigenvalue weighted by molar-refractivity contribution is 5.74. The zero-order chi connectivity index (χ0) is 13.8. The number of hydrogen-bond acceptors (Lipinski definition) is 3. The summed E-state index contributed by atoms with van der Waals surface area (Å²) in [6.45, 7) is 9.19. The monoisotopic (exact) mass is 253 g/mol. The molecule has 0 aromatic heterocycles. The van der Waals surface area contributed by atoms with E-state index < -0.39 is 11.7 Å². The normalized spacial score (nSPS) is 24.5. The fourth-order valence-corrected chi connectivity index (χ4v) is 2.27. The van der Waals surface area contributed by atoms with E-state index in [9.17, 15) is 9.59 Å². The van der Waals surface area contributed by atoms with Crippen molar-refractivity contribution >= 4 is 12.4 Å². The largest absolute Gasteiger partial charge is 0.444 e. The van der Waals surface area contributed by atoms with Gasteiger partial charge in [-0.3, -0.25) is 4.90 Å². The number of likely N-dealkylation sites (tertiary alicyclic amines) is 1. The van der Waals surface area contributed by atoms with Crippen molar-refractivity contribution in [2.24, 2.45) is 0 Å². The van der Waals surface area contributed by atoms with Crippen molar-refractivity contribution in [2.45, 2.75) is 64.1 Å². The van der Waals surface area contributed by atoms with Gasteiger partial charge in [0, 0.05) is 6.04 Å². The molecule has 0 radical (unpaired) electrons. The van der Waals surface area contributed by atoms with E-state index in [1.807, 2.05) is 20.8 Å². The first-order valence-corrected chi connectivity index (χ1v) is 6.46. The van der Waals surface area contributed by atoms with E-state index in [2.05, 4.69) is 6.58 Å². The van der Waals surface area contributed by atoms with Crippen molar-refractivity contribution in [3.05, 3.63) is 12.7 Å². The second-order valence-corrected chi connectivity index (χ2v) is 5.70. The second kappa shape index (κ2) is 6.03. The number of rotatable bonds is 3. The molecule has 18 heavy (non-hydrogen) atoms. The predicted molar refractivity (Wildman–Crippen MR) is 70.4 cm³/mol. The van der Waals surface area contributed by atoms with Crippen LogP contribution in [-0.4, -0.2) is 35.0 Å². The number of piperidine rings is 1. The summed E-state index contributed by atoms with van der Waals surface area (Å²) in [6, 6.07) is -0.333. The summed E-state index contributed by atoms with van der Waals surface area (Å²) in [5.74, 6) is 0. The Morgan fingerprint density at radius 3 is 2.61 bits per heavy atom. The summed E-state index contributed by atoms with van der Waals surface area (Å²) < 4.78 is 5.38. The van der Waals surface area contributed by atoms with Gasteiger partial charge in [-0.15, -0.1) is 6.58 Å². The van der Waals surface area contributed by atoms with Crippen LogP contribution in [0.15, 0.2) is 12.7 Å². The van der Waals surface area contributed by atoms with Crippen LogP contribution in [0.4, 0.5) is 4.79 Å². The zero-order valence-electron chi connectivity index (χ0n) is 11.5. The molecule has 4 heteroatoms. The topological polar surface area (TPSA) is 46.6 Å². The van der Waals surface area contributed by atoms with Crippen molar-refractivity contribution in [2.75, 3.05) is 0 Å². The molecule has 2 unspecified atom stereocenters. The van der Waals surface area contributed by atoms with Crippen LogP contribution in [0.3, 0.4) is 0 Å². The molecule has 1 fully saturated rings. The van der Waals surface area contributed by atoms with E-state index in [1.165, 1.54) is 0 Å². The second-order valence-electron chi connectivity index (χ2n) is 5.70. The van der Waals surface area contributed by atoms with Crippen molar-refractivity contribution in [1.82, 2.24) is 4.90 Å². The molecule has 1 rings (SSSR count). The van der Waals surface area contributed by atoms with Crippen molar-refractivity contribution in [3.63, 3.8) is 0 Å². The first-order chi connectivity index (χ1) is 8.39. The fraction of sp³-hybridized carbons (Fsp3) is 0.714. The van der Waals surface area contributed by atoms with Crippen LogP contribution in [0.5, 0.6) is 0 Å². The molecule has 0 aliphatic carbocycles. The van der Waals surface area contributed by atoms with Gasteiger partial charge in [-0.05, 0) is 46.5 Å². The maximum atomic E-state index is 12.2. The maximum absolute atomic E-state index is 12.2. The van der Waals surface area contributed by atoms with Gasteiger partial charge in [-0.25, -0.2) is 4.79 Å². The third-order valence-corrected chi connectivity index (χ3v) is 2.99. The average molecular weight is 253 g/mol. The number of carbonyl (C=O) groups excluding carboxylic acids is 2. The molecule has 0 aromatic rings. The summed E-state index contributed by atoms with van der Waals surface area (Å²) in [4.78, 5) is 24.9. The number of ether oxygens (including phenoxy) is 1. The van der Waals surface area contributed by atoms with Crippen LogP contribution in [0, 0.1) is 0 Å². The lowest BCUT2D eigenvalue weighted by atomic mass is 9.94. The van der Waals surface area contributed by atoms with E-state index in [0.717, 1.165) is 25.5 Å². The molecule has 0 saturated carbocycles. The fourth-order valence-electron chi connectivity index (χ4n) is 2.27. The lowest BCUT2D eigenvalue weighted by Crippen LogP contribution is -2.52. The molecule has 1 aliphatic rings. The van der Waals surface area contributed by atoms with Gasteiger partial charge in [-0.1, -0.05) is 6.08 Å². The summed E-state index contributed by atoms with van der Waals surface area (Å²) in [7, 11) is 0. The Hall–Kier alpha value is -1.32. The molecule has 4 nitrogen and oxygen atoms in total. The molecule has 0 bridgehead atoms. The van der Waals surface area contributed by atoms with Gasteiger partial charge in [0.25, 0.3) is 0 Å². The van der Waals surface area contributed by atoms with E-state index >= 15 is 0 Å². The third kappa shape index (κ3) is 3.86. The molecule has 1 heterocycles. The van der Waals surface area contributed by atoms with Crippen LogP contribution in [0.25, 0.3) is 0 Å². The molecule has 0 N–H and O–H groups in total. The van der Waals surface area contributed by atoms with Gasteiger partial charge in [0.2, 0.25) is 0 Å². The lowest BCUT2D eigenvalue weighted by molar-refractivity contribution is -0.114. The van der Waals surface area contributed by atoms with E-state index in [0.29, 0.717) is 6.42 Å². The van der Waals surface area contributed by atoms with Crippen LogP contribution in [0.2, 0.25) is 0 Å². The summed E-state index contributed by atoms with van der Waals surface area (Å²) in [5, 5.41) is 0. The first kappa shape index (κ1) is 14.7. The molecule has 1 aliphatic heterocycles. The Kier molecular flexibility index (Phi) is 4.93. The summed E-state index contributed by atoms with van der Waals surface area (Å²) >= 11 is 0. The van der Waals surface area contributed by atoms with Gasteiger partial charge in [0.1, 0.15) is 11.9 Å². The highest BCUT2D eigenvalue weighted by atomic mass is 16.6. The van der Waals surface area contributed by atoms with E-state index in [-0.39, 0.29) is 12.1 Å². The van der Waals surface area contributed by atoms with Gasteiger partial charge < -0.3 is 9.53 Å². The molecular weight excluding hydrogens is 230 g/mol. The Bertz CT molecular complexity index is 319. The first-order valence-electron chi connectivity index (χ1n) is 6.46. The SMILES string of the molecule is C=CCC1CCCC(C=O)N1C(=O)OC(C)(C)C. The zero-order valence-corrected chi connectivity index (χ0v) is 11.5. The Labute approximate surface area is 109 Å². The molecule has 1 amide bonds. The molecule has 102 valence electrons. The Morgan fingerprint density at radius 2 is 2.11 bits per heavy atom. The smallest absolute Gasteiger partial charge is 0.411 e. The minimum absolute atomic E-state index is 0.0290. The van der Waals surface area contributed by atoms with Gasteiger partial charge >= 0.3 is 6.09 Å². The minimum atomic E-state index is -0.541. The number of amides is 1. The Balaban J connectivity index is 2.84. The molecular formula is C14H23NO3. The van der Waals surface area contributed by atoms with Crippen LogP contribution >= 0.6 is 0 Å². The van der Waals surface area contributed by atoms with Crippen LogP contribution < -0.4 is 0 Å². The number of carbonyl (C=O) groups is 2. The number of aldehydes is 1. The predicted octanol–water partition coefficient (Wildman–Crippen LogP) is 2.92. The molecule has 2 atom stereocenters. The van der Waals surface area contributed by atoms with Crippen LogP contribution in [-0.2, 0) is 9.53 Å². The number of nitrogens with zero attached hydrogens (tertiary/aromatic N) is 1. The van der Waals surface area contributed by atoms with E-state index in [4.69, 9.17) is 4.74 Å². The quantitative estimate of drug-likeness (QED) is 0.574. The molecule has 0 spiro atoms. The third-order valence-electron chi connectivity index (χ3n) is 2.99. The standard InChI is InChI=1S/C14H23NO3/c1-5-7-11-8-6-9-12(10-16)15(11)13(17)18-14(2,3)4/h5,10-12H,1,6-9H2,2-4H3. The molecule has 0 aromatic carbocycles. The van der Waals surface area contributed by atoms with Gasteiger partial charge in [-0.2, -0.15) is 0 Å². The Morgan fingerprint density at radius 1 is 1.44 bits per heavy atom. The number of hydrogen-bond donors (Lipinski definition) is 0. The summed E-state index contributed by atoms with van der Waals surface area (Å²) in [5.41, 5.74) is -0.541. The van der Waals surface area contributed by atoms with Crippen molar-refractivity contribution < 1.29 is 14.3 Å². The highest BCUT2D eigenvalue weighted by Gasteiger charge is 2.35. The minimum Gasteiger partial charge on any atom is -0.444 e. The van der Waals surface area contributed by atoms with Crippen molar-refractivity contribution in [3.8, 4) is 0 Å². The lowest BCUT2D eigenvalue weighted by Gasteiger charge is -2.40. The van der Waals surface area contributed by atoms with Gasteiger partial charge in [0.05, 0.1) is 6.04 Å². The van der Waals surface area contributed by atoms with E-state index in [1.54, 1.807) is 11.0 Å². The van der Waals surface area contributed by atoms with Crippen molar-refractivity contribution in [1.29, 1.82) is 0 Å². The van der Waals surface area contributed by atoms with Crippen LogP contribution in [0.1, 0.15) is 46.5 Å². The molecule has 1 saturated heterocycles. The summed E-state index contributed by atoms with van der Waals surface area (Å²) in [6.07, 6.45) is 5.51. The average Bonchev–Trinajstić information content (AvgIpc) is 2.26. The van der Waals surface area contributed by atoms with Gasteiger partial charge in [0.15, 0.2) is 0 Å².